The number of para-hydroxylation sites is 1. The van der Waals surface area contributed by atoms with Crippen LogP contribution in [0.3, 0.4) is 0 Å². The molecule has 1 aliphatic rings. The molecule has 0 saturated heterocycles. The first-order valence-electron chi connectivity index (χ1n) is 10.2. The number of carbonyl (C=O) groups excluding carboxylic acids is 5. The molecule has 0 aromatic heterocycles. The quantitative estimate of drug-likeness (QED) is 0.429. The minimum absolute atomic E-state index is 0.0374. The van der Waals surface area contributed by atoms with Gasteiger partial charge in [-0.1, -0.05) is 12.1 Å². The van der Waals surface area contributed by atoms with E-state index in [0.29, 0.717) is 0 Å². The molecule has 3 aromatic rings. The number of ether oxygens (including phenoxy) is 2. The summed E-state index contributed by atoms with van der Waals surface area (Å²) in [5.74, 6) is -4.11. The van der Waals surface area contributed by atoms with E-state index in [4.69, 9.17) is 9.47 Å². The molecule has 1 heterocycles. The van der Waals surface area contributed by atoms with E-state index < -0.39 is 42.0 Å². The fraction of sp³-hybridized carbons (Fsp3) is 0.0800. The minimum atomic E-state index is -0.937. The van der Waals surface area contributed by atoms with E-state index in [1.807, 2.05) is 0 Å². The van der Waals surface area contributed by atoms with Crippen molar-refractivity contribution in [3.8, 4) is 5.75 Å². The van der Waals surface area contributed by atoms with Crippen LogP contribution in [-0.4, -0.2) is 43.3 Å². The molecule has 3 aromatic carbocycles. The van der Waals surface area contributed by atoms with Gasteiger partial charge in [0.1, 0.15) is 11.6 Å². The second kappa shape index (κ2) is 9.56. The molecule has 0 radical (unpaired) electrons. The Balaban J connectivity index is 1.41. The van der Waals surface area contributed by atoms with Crippen LogP contribution in [0.2, 0.25) is 0 Å². The maximum absolute atomic E-state index is 13.2. The number of hydrogen-bond donors (Lipinski definition) is 1. The van der Waals surface area contributed by atoms with Crippen LogP contribution in [0.4, 0.5) is 10.1 Å². The third-order valence-electron chi connectivity index (χ3n) is 5.15. The van der Waals surface area contributed by atoms with Gasteiger partial charge in [-0.05, 0) is 54.6 Å². The van der Waals surface area contributed by atoms with Crippen LogP contribution in [0.1, 0.15) is 41.4 Å². The first-order chi connectivity index (χ1) is 16.8. The lowest BCUT2D eigenvalue weighted by atomic mass is 10.1. The number of methoxy groups -OCH3 is 1. The molecular formula is C25H17FN2O7. The fourth-order valence-electron chi connectivity index (χ4n) is 3.47. The molecule has 35 heavy (non-hydrogen) atoms. The molecular weight excluding hydrogens is 459 g/mol. The van der Waals surface area contributed by atoms with E-state index in [9.17, 15) is 28.4 Å². The van der Waals surface area contributed by atoms with Gasteiger partial charge in [0.05, 0.1) is 35.1 Å². The third kappa shape index (κ3) is 4.62. The maximum atomic E-state index is 13.2. The number of benzene rings is 3. The van der Waals surface area contributed by atoms with Crippen molar-refractivity contribution < 1.29 is 37.8 Å². The minimum Gasteiger partial charge on any atom is -0.496 e. The van der Waals surface area contributed by atoms with E-state index in [-0.39, 0.29) is 33.7 Å². The molecule has 0 bridgehead atoms. The lowest BCUT2D eigenvalue weighted by Gasteiger charge is -2.13. The van der Waals surface area contributed by atoms with Gasteiger partial charge >= 0.3 is 5.97 Å². The Labute approximate surface area is 198 Å². The summed E-state index contributed by atoms with van der Waals surface area (Å²) in [5, 5.41) is 2.09. The number of nitrogens with zero attached hydrogens (tertiary/aromatic N) is 1. The average molecular weight is 476 g/mol. The van der Waals surface area contributed by atoms with Gasteiger partial charge < -0.3 is 9.47 Å². The summed E-state index contributed by atoms with van der Waals surface area (Å²) in [6.07, 6.45) is 0. The number of imide groups is 2. The standard InChI is InChI=1S/C25H17FN2O7/c1-34-20-5-3-2-4-18(20)22(30)27-21(29)13-35-25(33)14-6-11-17-19(12-14)24(32)28(23(17)31)16-9-7-15(26)8-10-16/h2-12H,13H2,1H3,(H,27,29,30). The van der Waals surface area contributed by atoms with E-state index in [2.05, 4.69) is 5.32 Å². The van der Waals surface area contributed by atoms with Gasteiger partial charge in [-0.25, -0.2) is 14.1 Å². The van der Waals surface area contributed by atoms with E-state index in [0.717, 1.165) is 17.0 Å². The molecule has 0 aliphatic carbocycles. The summed E-state index contributed by atoms with van der Waals surface area (Å²) >= 11 is 0. The molecule has 10 heteroatoms. The highest BCUT2D eigenvalue weighted by molar-refractivity contribution is 6.34. The lowest BCUT2D eigenvalue weighted by molar-refractivity contribution is -0.123. The van der Waals surface area contributed by atoms with Crippen LogP contribution in [-0.2, 0) is 9.53 Å². The van der Waals surface area contributed by atoms with Crippen molar-refractivity contribution in [1.29, 1.82) is 0 Å². The van der Waals surface area contributed by atoms with Crippen molar-refractivity contribution in [2.75, 3.05) is 18.6 Å². The Morgan fingerprint density at radius 3 is 2.31 bits per heavy atom. The number of anilines is 1. The Kier molecular flexibility index (Phi) is 6.36. The topological polar surface area (TPSA) is 119 Å². The molecule has 0 fully saturated rings. The Bertz CT molecular complexity index is 1370. The van der Waals surface area contributed by atoms with Gasteiger partial charge in [0.15, 0.2) is 6.61 Å². The van der Waals surface area contributed by atoms with Crippen LogP contribution in [0.5, 0.6) is 5.75 Å². The Hall–Kier alpha value is -4.86. The first kappa shape index (κ1) is 23.3. The number of amides is 4. The predicted molar refractivity (Wildman–Crippen MR) is 120 cm³/mol. The number of fused-ring (bicyclic) bond motifs is 1. The summed E-state index contributed by atoms with van der Waals surface area (Å²) in [7, 11) is 1.38. The van der Waals surface area contributed by atoms with Crippen molar-refractivity contribution in [3.63, 3.8) is 0 Å². The molecule has 0 saturated carbocycles. The van der Waals surface area contributed by atoms with E-state index in [1.54, 1.807) is 18.2 Å². The van der Waals surface area contributed by atoms with Crippen LogP contribution >= 0.6 is 0 Å². The van der Waals surface area contributed by atoms with E-state index >= 15 is 0 Å². The third-order valence-corrected chi connectivity index (χ3v) is 5.15. The smallest absolute Gasteiger partial charge is 0.338 e. The lowest BCUT2D eigenvalue weighted by Crippen LogP contribution is -2.34. The number of carbonyl (C=O) groups is 5. The van der Waals surface area contributed by atoms with Crippen LogP contribution < -0.4 is 15.0 Å². The maximum Gasteiger partial charge on any atom is 0.338 e. The zero-order valence-electron chi connectivity index (χ0n) is 18.2. The first-order valence-corrected chi connectivity index (χ1v) is 10.2. The number of hydrogen-bond acceptors (Lipinski definition) is 7. The highest BCUT2D eigenvalue weighted by atomic mass is 19.1. The van der Waals surface area contributed by atoms with Crippen LogP contribution in [0.25, 0.3) is 0 Å². The SMILES string of the molecule is COc1ccccc1C(=O)NC(=O)COC(=O)c1ccc2c(c1)C(=O)N(c1ccc(F)cc1)C2=O. The Morgan fingerprint density at radius 1 is 0.914 bits per heavy atom. The predicted octanol–water partition coefficient (Wildman–Crippen LogP) is 2.75. The van der Waals surface area contributed by atoms with Gasteiger partial charge in [-0.15, -0.1) is 0 Å². The summed E-state index contributed by atoms with van der Waals surface area (Å²) in [6, 6.07) is 14.8. The van der Waals surface area contributed by atoms with E-state index in [1.165, 1.54) is 43.5 Å². The van der Waals surface area contributed by atoms with Gasteiger partial charge in [0.25, 0.3) is 23.6 Å². The zero-order valence-corrected chi connectivity index (χ0v) is 18.2. The summed E-state index contributed by atoms with van der Waals surface area (Å²) in [5.41, 5.74) is 0.260. The fourth-order valence-corrected chi connectivity index (χ4v) is 3.47. The summed E-state index contributed by atoms with van der Waals surface area (Å²) < 4.78 is 23.2. The Morgan fingerprint density at radius 2 is 1.60 bits per heavy atom. The number of rotatable bonds is 6. The second-order valence-electron chi connectivity index (χ2n) is 7.34. The molecule has 4 rings (SSSR count). The second-order valence-corrected chi connectivity index (χ2v) is 7.34. The molecule has 1 aliphatic heterocycles. The summed E-state index contributed by atoms with van der Waals surface area (Å²) in [6.45, 7) is -0.759. The van der Waals surface area contributed by atoms with Gasteiger partial charge in [-0.3, -0.25) is 24.5 Å². The van der Waals surface area contributed by atoms with Crippen molar-refractivity contribution in [3.05, 3.63) is 94.8 Å². The molecule has 176 valence electrons. The normalized spacial score (nSPS) is 12.2. The monoisotopic (exact) mass is 476 g/mol. The molecule has 0 atom stereocenters. The molecule has 0 unspecified atom stereocenters. The molecule has 1 N–H and O–H groups in total. The van der Waals surface area contributed by atoms with Crippen molar-refractivity contribution >= 4 is 35.3 Å². The largest absolute Gasteiger partial charge is 0.496 e. The number of halogens is 1. The van der Waals surface area contributed by atoms with Crippen molar-refractivity contribution in [2.24, 2.45) is 0 Å². The highest BCUT2D eigenvalue weighted by Gasteiger charge is 2.37. The van der Waals surface area contributed by atoms with Crippen molar-refractivity contribution in [1.82, 2.24) is 5.32 Å². The number of nitrogens with one attached hydrogen (secondary N) is 1. The molecule has 0 spiro atoms. The highest BCUT2D eigenvalue weighted by Crippen LogP contribution is 2.29. The zero-order chi connectivity index (χ0) is 25.1. The number of esters is 1. The van der Waals surface area contributed by atoms with Crippen molar-refractivity contribution in [2.45, 2.75) is 0 Å². The summed E-state index contributed by atoms with van der Waals surface area (Å²) in [4.78, 5) is 63.1. The van der Waals surface area contributed by atoms with Gasteiger partial charge in [-0.2, -0.15) is 0 Å². The van der Waals surface area contributed by atoms with Crippen LogP contribution in [0.15, 0.2) is 66.7 Å². The van der Waals surface area contributed by atoms with Gasteiger partial charge in [0, 0.05) is 0 Å². The average Bonchev–Trinajstić information content (AvgIpc) is 3.12. The molecule has 9 nitrogen and oxygen atoms in total. The van der Waals surface area contributed by atoms with Crippen LogP contribution in [0, 0.1) is 5.82 Å². The van der Waals surface area contributed by atoms with Gasteiger partial charge in [0.2, 0.25) is 0 Å². The molecule has 4 amide bonds.